The van der Waals surface area contributed by atoms with E-state index in [2.05, 4.69) is 54.5 Å². The molecule has 3 heteroatoms. The molecule has 2 N–H and O–H groups in total. The van der Waals surface area contributed by atoms with E-state index in [-0.39, 0.29) is 12.6 Å². The van der Waals surface area contributed by atoms with Crippen molar-refractivity contribution in [1.29, 1.82) is 0 Å². The third kappa shape index (κ3) is 3.74. The van der Waals surface area contributed by atoms with E-state index in [1.807, 2.05) is 12.1 Å². The summed E-state index contributed by atoms with van der Waals surface area (Å²) in [5.41, 5.74) is 6.36. The van der Waals surface area contributed by atoms with Gasteiger partial charge in [-0.25, -0.2) is 0 Å². The van der Waals surface area contributed by atoms with E-state index in [0.29, 0.717) is 0 Å². The number of hydrogen-bond donors (Lipinski definition) is 2. The van der Waals surface area contributed by atoms with Gasteiger partial charge in [0.25, 0.3) is 0 Å². The first kappa shape index (κ1) is 16.0. The van der Waals surface area contributed by atoms with Crippen molar-refractivity contribution < 1.29 is 5.11 Å². The highest BCUT2D eigenvalue weighted by Gasteiger charge is 2.14. The predicted molar refractivity (Wildman–Crippen MR) is 95.7 cm³/mol. The van der Waals surface area contributed by atoms with Gasteiger partial charge in [0.05, 0.1) is 6.61 Å². The van der Waals surface area contributed by atoms with Crippen LogP contribution in [0.3, 0.4) is 0 Å². The van der Waals surface area contributed by atoms with E-state index in [4.69, 9.17) is 0 Å². The molecule has 0 bridgehead atoms. The van der Waals surface area contributed by atoms with Gasteiger partial charge in [0.1, 0.15) is 0 Å². The highest BCUT2D eigenvalue weighted by Crippen LogP contribution is 2.27. The molecule has 0 saturated heterocycles. The number of aliphatic hydroxyl groups excluding tert-OH is 1. The average Bonchev–Trinajstić information content (AvgIpc) is 2.60. The Labute approximate surface area is 139 Å². The first-order valence-corrected chi connectivity index (χ1v) is 8.43. The lowest BCUT2D eigenvalue weighted by molar-refractivity contribution is 0.281. The van der Waals surface area contributed by atoms with E-state index >= 15 is 0 Å². The Balaban J connectivity index is 1.66. The Kier molecular flexibility index (Phi) is 4.99. The number of aryl methyl sites for hydroxylation is 1. The van der Waals surface area contributed by atoms with Gasteiger partial charge in [0, 0.05) is 31.9 Å². The van der Waals surface area contributed by atoms with E-state index in [0.717, 1.165) is 18.7 Å². The van der Waals surface area contributed by atoms with Crippen molar-refractivity contribution in [3.63, 3.8) is 0 Å². The van der Waals surface area contributed by atoms with Crippen molar-refractivity contribution in [2.75, 3.05) is 18.5 Å². The number of nitrogens with zero attached hydrogens (tertiary/aromatic N) is 1. The lowest BCUT2D eigenvalue weighted by atomic mass is 9.99. The summed E-state index contributed by atoms with van der Waals surface area (Å²) >= 11 is 0. The maximum atomic E-state index is 9.26. The quantitative estimate of drug-likeness (QED) is 0.888. The lowest BCUT2D eigenvalue weighted by Crippen LogP contribution is -2.25. The van der Waals surface area contributed by atoms with Crippen LogP contribution in [0.25, 0.3) is 0 Å². The molecule has 1 atom stereocenters. The molecular weight excluding hydrogens is 284 g/mol. The lowest BCUT2D eigenvalue weighted by Gasteiger charge is -2.28. The van der Waals surface area contributed by atoms with Crippen LogP contribution >= 0.6 is 0 Å². The van der Waals surface area contributed by atoms with Crippen molar-refractivity contribution in [1.82, 2.24) is 5.32 Å². The zero-order chi connectivity index (χ0) is 16.2. The number of anilines is 1. The van der Waals surface area contributed by atoms with Gasteiger partial charge < -0.3 is 15.3 Å². The largest absolute Gasteiger partial charge is 0.392 e. The minimum atomic E-state index is 0.0961. The molecular formula is C20H26N2O. The van der Waals surface area contributed by atoms with Gasteiger partial charge >= 0.3 is 0 Å². The Morgan fingerprint density at radius 1 is 1.17 bits per heavy atom. The fourth-order valence-corrected chi connectivity index (χ4v) is 3.30. The Bertz CT molecular complexity index is 668. The molecule has 1 aliphatic heterocycles. The molecule has 1 aliphatic rings. The molecule has 2 aromatic carbocycles. The monoisotopic (exact) mass is 310 g/mol. The Morgan fingerprint density at radius 3 is 2.87 bits per heavy atom. The highest BCUT2D eigenvalue weighted by atomic mass is 16.3. The van der Waals surface area contributed by atoms with Crippen molar-refractivity contribution >= 4 is 5.69 Å². The SMILES string of the molecule is CC(NCc1ccc2c(c1)CCCN2C)c1cccc(CO)c1. The van der Waals surface area contributed by atoms with Crippen LogP contribution in [0.5, 0.6) is 0 Å². The standard InChI is InChI=1S/C20H26N2O/c1-15(18-6-3-5-17(12-18)14-23)21-13-16-8-9-20-19(11-16)7-4-10-22(20)2/h3,5-6,8-9,11-12,15,21,23H,4,7,10,13-14H2,1-2H3. The minimum absolute atomic E-state index is 0.0961. The van der Waals surface area contributed by atoms with Crippen LogP contribution in [0.2, 0.25) is 0 Å². The molecule has 0 fully saturated rings. The number of fused-ring (bicyclic) bond motifs is 1. The summed E-state index contributed by atoms with van der Waals surface area (Å²) in [5.74, 6) is 0. The van der Waals surface area contributed by atoms with Crippen LogP contribution in [0.15, 0.2) is 42.5 Å². The summed E-state index contributed by atoms with van der Waals surface area (Å²) in [4.78, 5) is 2.35. The molecule has 0 aliphatic carbocycles. The highest BCUT2D eigenvalue weighted by molar-refractivity contribution is 5.56. The minimum Gasteiger partial charge on any atom is -0.392 e. The maximum absolute atomic E-state index is 9.26. The summed E-state index contributed by atoms with van der Waals surface area (Å²) in [6.07, 6.45) is 2.42. The van der Waals surface area contributed by atoms with Crippen LogP contribution in [-0.2, 0) is 19.6 Å². The molecule has 3 rings (SSSR count). The number of aliphatic hydroxyl groups is 1. The van der Waals surface area contributed by atoms with E-state index in [1.165, 1.54) is 35.2 Å². The van der Waals surface area contributed by atoms with Crippen molar-refractivity contribution in [3.8, 4) is 0 Å². The second-order valence-electron chi connectivity index (χ2n) is 6.49. The summed E-state index contributed by atoms with van der Waals surface area (Å²) in [7, 11) is 2.17. The molecule has 0 aromatic heterocycles. The summed E-state index contributed by atoms with van der Waals surface area (Å²) in [5, 5.41) is 12.9. The molecule has 1 heterocycles. The van der Waals surface area contributed by atoms with Gasteiger partial charge in [-0.1, -0.05) is 36.4 Å². The topological polar surface area (TPSA) is 35.5 Å². The number of benzene rings is 2. The van der Waals surface area contributed by atoms with Gasteiger partial charge in [-0.05, 0) is 48.1 Å². The first-order valence-electron chi connectivity index (χ1n) is 8.43. The predicted octanol–water partition coefficient (Wildman–Crippen LogP) is 3.41. The molecule has 0 spiro atoms. The first-order chi connectivity index (χ1) is 11.2. The summed E-state index contributed by atoms with van der Waals surface area (Å²) < 4.78 is 0. The van der Waals surface area contributed by atoms with Crippen LogP contribution in [0.1, 0.15) is 41.6 Å². The third-order valence-electron chi connectivity index (χ3n) is 4.74. The van der Waals surface area contributed by atoms with Gasteiger partial charge in [0.2, 0.25) is 0 Å². The number of rotatable bonds is 5. The van der Waals surface area contributed by atoms with Crippen LogP contribution in [0.4, 0.5) is 5.69 Å². The van der Waals surface area contributed by atoms with E-state index < -0.39 is 0 Å². The zero-order valence-electron chi connectivity index (χ0n) is 14.0. The molecule has 0 saturated carbocycles. The maximum Gasteiger partial charge on any atom is 0.0681 e. The molecule has 1 unspecified atom stereocenters. The molecule has 23 heavy (non-hydrogen) atoms. The molecule has 2 aromatic rings. The Hall–Kier alpha value is -1.84. The van der Waals surface area contributed by atoms with Crippen molar-refractivity contribution in [3.05, 3.63) is 64.7 Å². The van der Waals surface area contributed by atoms with Gasteiger partial charge in [0.15, 0.2) is 0 Å². The molecule has 3 nitrogen and oxygen atoms in total. The average molecular weight is 310 g/mol. The number of hydrogen-bond acceptors (Lipinski definition) is 3. The fraction of sp³-hybridized carbons (Fsp3) is 0.400. The smallest absolute Gasteiger partial charge is 0.0681 e. The molecule has 0 amide bonds. The fourth-order valence-electron chi connectivity index (χ4n) is 3.30. The molecule has 0 radical (unpaired) electrons. The summed E-state index contributed by atoms with van der Waals surface area (Å²) in [6.45, 7) is 4.28. The van der Waals surface area contributed by atoms with Crippen molar-refractivity contribution in [2.24, 2.45) is 0 Å². The number of nitrogens with one attached hydrogen (secondary N) is 1. The zero-order valence-corrected chi connectivity index (χ0v) is 14.0. The van der Waals surface area contributed by atoms with Crippen LogP contribution in [-0.4, -0.2) is 18.7 Å². The van der Waals surface area contributed by atoms with Crippen molar-refractivity contribution in [2.45, 2.75) is 39.0 Å². The van der Waals surface area contributed by atoms with Crippen LogP contribution in [0, 0.1) is 0 Å². The van der Waals surface area contributed by atoms with E-state index in [9.17, 15) is 5.11 Å². The van der Waals surface area contributed by atoms with E-state index in [1.54, 1.807) is 0 Å². The van der Waals surface area contributed by atoms with Crippen LogP contribution < -0.4 is 10.2 Å². The Morgan fingerprint density at radius 2 is 2.04 bits per heavy atom. The third-order valence-corrected chi connectivity index (χ3v) is 4.74. The second kappa shape index (κ2) is 7.16. The van der Waals surface area contributed by atoms with Gasteiger partial charge in [-0.2, -0.15) is 0 Å². The molecule has 122 valence electrons. The second-order valence-corrected chi connectivity index (χ2v) is 6.49. The van der Waals surface area contributed by atoms with Gasteiger partial charge in [-0.15, -0.1) is 0 Å². The normalized spacial score (nSPS) is 15.3. The summed E-state index contributed by atoms with van der Waals surface area (Å²) in [6, 6.07) is 15.2. The van der Waals surface area contributed by atoms with Gasteiger partial charge in [-0.3, -0.25) is 0 Å².